The monoisotopic (exact) mass is 280 g/mol. The number of ether oxygens (including phenoxy) is 2. The Labute approximate surface area is 120 Å². The van der Waals surface area contributed by atoms with Gasteiger partial charge in [-0.05, 0) is 10.8 Å². The number of ketones is 2. The summed E-state index contributed by atoms with van der Waals surface area (Å²) < 4.78 is 10.8. The van der Waals surface area contributed by atoms with E-state index in [9.17, 15) is 9.59 Å². The van der Waals surface area contributed by atoms with Gasteiger partial charge in [0.05, 0.1) is 25.4 Å². The molecule has 0 unspecified atom stereocenters. The van der Waals surface area contributed by atoms with E-state index in [0.29, 0.717) is 22.7 Å². The van der Waals surface area contributed by atoms with Crippen molar-refractivity contribution in [2.75, 3.05) is 14.2 Å². The first-order valence-corrected chi connectivity index (χ1v) is 6.63. The Hall–Kier alpha value is -1.58. The lowest BCUT2D eigenvalue weighted by Gasteiger charge is -2.33. The molecule has 0 radical (unpaired) electrons. The Kier molecular flexibility index (Phi) is 4.18. The number of rotatable bonds is 2. The van der Waals surface area contributed by atoms with Crippen LogP contribution >= 0.6 is 0 Å². The normalized spacial score (nSPS) is 17.8. The number of hydrogen-bond donors (Lipinski definition) is 0. The summed E-state index contributed by atoms with van der Waals surface area (Å²) in [4.78, 5) is 25.0. The van der Waals surface area contributed by atoms with E-state index in [-0.39, 0.29) is 0 Å². The van der Waals surface area contributed by atoms with Crippen LogP contribution in [-0.4, -0.2) is 25.8 Å². The van der Waals surface area contributed by atoms with Gasteiger partial charge in [-0.15, -0.1) is 0 Å². The summed E-state index contributed by atoms with van der Waals surface area (Å²) in [6.45, 7) is 11.3. The molecule has 0 bridgehead atoms. The molecular weight excluding hydrogens is 256 g/mol. The number of allylic oxidation sites excluding steroid dienone is 2. The van der Waals surface area contributed by atoms with Crippen molar-refractivity contribution in [3.05, 3.63) is 22.7 Å². The molecule has 20 heavy (non-hydrogen) atoms. The van der Waals surface area contributed by atoms with Crippen molar-refractivity contribution in [2.24, 2.45) is 10.8 Å². The summed E-state index contributed by atoms with van der Waals surface area (Å²) in [5, 5.41) is 0. The molecule has 4 nitrogen and oxygen atoms in total. The Morgan fingerprint density at radius 1 is 0.650 bits per heavy atom. The molecule has 0 aromatic carbocycles. The van der Waals surface area contributed by atoms with Crippen molar-refractivity contribution >= 4 is 11.6 Å². The van der Waals surface area contributed by atoms with Crippen molar-refractivity contribution in [1.82, 2.24) is 0 Å². The van der Waals surface area contributed by atoms with E-state index in [1.54, 1.807) is 0 Å². The summed E-state index contributed by atoms with van der Waals surface area (Å²) in [5.74, 6) is -0.260. The molecule has 0 heterocycles. The molecule has 0 fully saturated rings. The van der Waals surface area contributed by atoms with E-state index in [1.807, 2.05) is 41.5 Å². The zero-order valence-electron chi connectivity index (χ0n) is 13.6. The number of carbonyl (C=O) groups excluding carboxylic acids is 2. The van der Waals surface area contributed by atoms with Crippen molar-refractivity contribution in [1.29, 1.82) is 0 Å². The molecule has 1 aliphatic rings. The first-order valence-electron chi connectivity index (χ1n) is 6.63. The van der Waals surface area contributed by atoms with Gasteiger partial charge in [-0.1, -0.05) is 41.5 Å². The van der Waals surface area contributed by atoms with Crippen molar-refractivity contribution in [3.8, 4) is 0 Å². The molecule has 0 amide bonds. The first-order chi connectivity index (χ1) is 8.96. The van der Waals surface area contributed by atoms with E-state index in [1.165, 1.54) is 14.2 Å². The highest BCUT2D eigenvalue weighted by atomic mass is 16.5. The van der Waals surface area contributed by atoms with Gasteiger partial charge in [0.15, 0.2) is 11.5 Å². The van der Waals surface area contributed by atoms with Crippen molar-refractivity contribution < 1.29 is 19.1 Å². The molecule has 0 aromatic heterocycles. The average Bonchev–Trinajstić information content (AvgIpc) is 2.27. The van der Waals surface area contributed by atoms with Crippen LogP contribution in [0.2, 0.25) is 0 Å². The van der Waals surface area contributed by atoms with E-state index in [2.05, 4.69) is 0 Å². The van der Waals surface area contributed by atoms with Gasteiger partial charge in [0, 0.05) is 0 Å². The third-order valence-corrected chi connectivity index (χ3v) is 3.23. The summed E-state index contributed by atoms with van der Waals surface area (Å²) in [7, 11) is 2.98. The van der Waals surface area contributed by atoms with Gasteiger partial charge in [-0.25, -0.2) is 0 Å². The Morgan fingerprint density at radius 3 is 1.05 bits per heavy atom. The van der Waals surface area contributed by atoms with Gasteiger partial charge in [-0.2, -0.15) is 0 Å². The van der Waals surface area contributed by atoms with Crippen LogP contribution in [0.5, 0.6) is 0 Å². The molecule has 0 spiro atoms. The summed E-state index contributed by atoms with van der Waals surface area (Å²) in [6, 6.07) is 0. The second kappa shape index (κ2) is 5.08. The third kappa shape index (κ3) is 2.65. The van der Waals surface area contributed by atoms with Crippen LogP contribution in [0.1, 0.15) is 41.5 Å². The van der Waals surface area contributed by atoms with Gasteiger partial charge in [0.1, 0.15) is 0 Å². The number of hydrogen-bond acceptors (Lipinski definition) is 4. The van der Waals surface area contributed by atoms with Crippen LogP contribution in [0, 0.1) is 10.8 Å². The van der Waals surface area contributed by atoms with Gasteiger partial charge < -0.3 is 9.47 Å². The number of Topliss-reactive ketones (excluding diaryl/α,β-unsaturated/α-hetero) is 2. The van der Waals surface area contributed by atoms with E-state index in [4.69, 9.17) is 9.47 Å². The summed E-state index contributed by atoms with van der Waals surface area (Å²) >= 11 is 0. The van der Waals surface area contributed by atoms with Crippen LogP contribution in [0.4, 0.5) is 0 Å². The highest BCUT2D eigenvalue weighted by Gasteiger charge is 2.44. The number of methoxy groups -OCH3 is 2. The SMILES string of the molecule is COC1=C(C(C)(C)C)C(=O)C(=O)C(C(C)(C)C)=C1OC. The molecule has 1 rings (SSSR count). The molecule has 0 N–H and O–H groups in total. The fourth-order valence-corrected chi connectivity index (χ4v) is 2.41. The van der Waals surface area contributed by atoms with E-state index >= 15 is 0 Å². The van der Waals surface area contributed by atoms with Crippen LogP contribution in [0.3, 0.4) is 0 Å². The van der Waals surface area contributed by atoms with Gasteiger partial charge in [0.2, 0.25) is 11.6 Å². The molecule has 0 aliphatic heterocycles. The van der Waals surface area contributed by atoms with E-state index < -0.39 is 22.4 Å². The smallest absolute Gasteiger partial charge is 0.233 e. The van der Waals surface area contributed by atoms with Gasteiger partial charge >= 0.3 is 0 Å². The fourth-order valence-electron chi connectivity index (χ4n) is 2.41. The lowest BCUT2D eigenvalue weighted by atomic mass is 9.72. The van der Waals surface area contributed by atoms with E-state index in [0.717, 1.165) is 0 Å². The average molecular weight is 280 g/mol. The van der Waals surface area contributed by atoms with Crippen LogP contribution in [0.25, 0.3) is 0 Å². The Balaban J connectivity index is 3.77. The van der Waals surface area contributed by atoms with Crippen molar-refractivity contribution in [2.45, 2.75) is 41.5 Å². The minimum atomic E-state index is -0.500. The van der Waals surface area contributed by atoms with Crippen molar-refractivity contribution in [3.63, 3.8) is 0 Å². The second-order valence-electron chi connectivity index (χ2n) is 6.97. The first kappa shape index (κ1) is 16.5. The molecule has 0 saturated carbocycles. The molecule has 112 valence electrons. The quantitative estimate of drug-likeness (QED) is 0.576. The molecule has 0 aromatic rings. The minimum absolute atomic E-state index is 0.370. The third-order valence-electron chi connectivity index (χ3n) is 3.23. The Bertz CT molecular complexity index is 460. The second-order valence-corrected chi connectivity index (χ2v) is 6.97. The predicted molar refractivity (Wildman–Crippen MR) is 77.0 cm³/mol. The largest absolute Gasteiger partial charge is 0.492 e. The lowest BCUT2D eigenvalue weighted by molar-refractivity contribution is -0.134. The fraction of sp³-hybridized carbons (Fsp3) is 0.625. The molecule has 0 saturated heterocycles. The van der Waals surface area contributed by atoms with Crippen LogP contribution < -0.4 is 0 Å². The molecule has 4 heteroatoms. The Morgan fingerprint density at radius 2 is 0.900 bits per heavy atom. The van der Waals surface area contributed by atoms with Crippen LogP contribution in [-0.2, 0) is 19.1 Å². The van der Waals surface area contributed by atoms with Gasteiger partial charge in [0.25, 0.3) is 0 Å². The van der Waals surface area contributed by atoms with Gasteiger partial charge in [-0.3, -0.25) is 9.59 Å². The highest BCUT2D eigenvalue weighted by Crippen LogP contribution is 2.42. The minimum Gasteiger partial charge on any atom is -0.492 e. The highest BCUT2D eigenvalue weighted by molar-refractivity contribution is 6.50. The zero-order chi connectivity index (χ0) is 15.9. The van der Waals surface area contributed by atoms with Crippen LogP contribution in [0.15, 0.2) is 22.7 Å². The summed E-state index contributed by atoms with van der Waals surface area (Å²) in [5.41, 5.74) is -0.249. The summed E-state index contributed by atoms with van der Waals surface area (Å²) in [6.07, 6.45) is 0. The lowest BCUT2D eigenvalue weighted by Crippen LogP contribution is -2.37. The number of carbonyl (C=O) groups is 2. The molecular formula is C16H24O4. The zero-order valence-corrected chi connectivity index (χ0v) is 13.6. The standard InChI is InChI=1S/C16H24O4/c1-15(2,3)9-11(17)12(18)10(16(4,5)6)14(20-8)13(9)19-7/h1-8H3. The topological polar surface area (TPSA) is 52.6 Å². The maximum atomic E-state index is 12.5. The molecule has 1 aliphatic carbocycles. The predicted octanol–water partition coefficient (Wildman–Crippen LogP) is 3.03. The molecule has 0 atom stereocenters. The maximum Gasteiger partial charge on any atom is 0.233 e. The maximum absolute atomic E-state index is 12.5.